The maximum Gasteiger partial charge on any atom is 0.223 e. The van der Waals surface area contributed by atoms with Crippen LogP contribution in [-0.2, 0) is 14.6 Å². The third kappa shape index (κ3) is 4.04. The lowest BCUT2D eigenvalue weighted by Gasteiger charge is -2.17. The van der Waals surface area contributed by atoms with Gasteiger partial charge in [0.25, 0.3) is 0 Å². The molecule has 0 saturated carbocycles. The van der Waals surface area contributed by atoms with E-state index in [2.05, 4.69) is 0 Å². The molecule has 5 nitrogen and oxygen atoms in total. The van der Waals surface area contributed by atoms with Crippen LogP contribution in [0.1, 0.15) is 19.8 Å². The third-order valence-electron chi connectivity index (χ3n) is 3.95. The topological polar surface area (TPSA) is 74.7 Å². The largest absolute Gasteiger partial charge is 0.393 e. The molecule has 1 aromatic rings. The Hall–Kier alpha value is -1.40. The number of hydrogen-bond acceptors (Lipinski definition) is 4. The van der Waals surface area contributed by atoms with Gasteiger partial charge in [-0.25, -0.2) is 8.42 Å². The van der Waals surface area contributed by atoms with Crippen molar-refractivity contribution in [2.45, 2.75) is 30.8 Å². The first kappa shape index (κ1) is 16.0. The molecule has 1 aliphatic rings. The van der Waals surface area contributed by atoms with Crippen LogP contribution in [0, 0.1) is 5.92 Å². The minimum atomic E-state index is -3.41. The van der Waals surface area contributed by atoms with E-state index in [-0.39, 0.29) is 28.9 Å². The van der Waals surface area contributed by atoms with E-state index < -0.39 is 15.9 Å². The second kappa shape index (κ2) is 6.58. The van der Waals surface area contributed by atoms with Crippen LogP contribution < -0.4 is 0 Å². The number of amides is 1. The van der Waals surface area contributed by atoms with E-state index in [1.807, 2.05) is 0 Å². The fourth-order valence-electron chi connectivity index (χ4n) is 2.53. The maximum atomic E-state index is 12.1. The minimum Gasteiger partial charge on any atom is -0.393 e. The molecule has 116 valence electrons. The fraction of sp³-hybridized carbons (Fsp3) is 0.533. The molecule has 1 amide bonds. The van der Waals surface area contributed by atoms with E-state index >= 15 is 0 Å². The Morgan fingerprint density at radius 2 is 2.05 bits per heavy atom. The lowest BCUT2D eigenvalue weighted by Crippen LogP contribution is -2.31. The molecule has 0 bridgehead atoms. The Morgan fingerprint density at radius 3 is 2.62 bits per heavy atom. The van der Waals surface area contributed by atoms with Crippen molar-refractivity contribution in [1.29, 1.82) is 0 Å². The zero-order chi connectivity index (χ0) is 15.5. The molecule has 0 spiro atoms. The molecule has 2 atom stereocenters. The summed E-state index contributed by atoms with van der Waals surface area (Å²) in [5.74, 6) is -0.233. The number of aliphatic hydroxyl groups excluding tert-OH is 1. The van der Waals surface area contributed by atoms with Crippen LogP contribution in [0.3, 0.4) is 0 Å². The van der Waals surface area contributed by atoms with Gasteiger partial charge in [0, 0.05) is 25.4 Å². The molecular formula is C15H21NO4S. The van der Waals surface area contributed by atoms with Gasteiger partial charge in [-0.1, -0.05) is 18.2 Å². The predicted octanol–water partition coefficient (Wildman–Crippen LogP) is 1.08. The first-order chi connectivity index (χ1) is 9.90. The van der Waals surface area contributed by atoms with Gasteiger partial charge in [-0.3, -0.25) is 4.79 Å². The van der Waals surface area contributed by atoms with Crippen LogP contribution in [-0.4, -0.2) is 49.3 Å². The minimum absolute atomic E-state index is 0.0102. The summed E-state index contributed by atoms with van der Waals surface area (Å²) in [6.07, 6.45) is 0.328. The SMILES string of the molecule is CC(O)C1CCN(C(=O)CCS(=O)(=O)c2ccccc2)C1. The van der Waals surface area contributed by atoms with Crippen LogP contribution in [0.15, 0.2) is 35.2 Å². The summed E-state index contributed by atoms with van der Waals surface area (Å²) in [5.41, 5.74) is 0. The van der Waals surface area contributed by atoms with Crippen LogP contribution >= 0.6 is 0 Å². The van der Waals surface area contributed by atoms with Crippen molar-refractivity contribution in [1.82, 2.24) is 4.90 Å². The summed E-state index contributed by atoms with van der Waals surface area (Å²) in [6.45, 7) is 2.83. The molecule has 2 unspecified atom stereocenters. The van der Waals surface area contributed by atoms with E-state index in [1.165, 1.54) is 0 Å². The summed E-state index contributed by atoms with van der Waals surface area (Å²) in [4.78, 5) is 14.0. The van der Waals surface area contributed by atoms with Gasteiger partial charge in [0.15, 0.2) is 9.84 Å². The van der Waals surface area contributed by atoms with Gasteiger partial charge in [0.05, 0.1) is 16.8 Å². The molecule has 0 aromatic heterocycles. The summed E-state index contributed by atoms with van der Waals surface area (Å²) < 4.78 is 24.2. The predicted molar refractivity (Wildman–Crippen MR) is 79.5 cm³/mol. The quantitative estimate of drug-likeness (QED) is 0.883. The number of sulfone groups is 1. The molecule has 0 aliphatic carbocycles. The second-order valence-electron chi connectivity index (χ2n) is 5.51. The number of aliphatic hydroxyl groups is 1. The molecule has 2 rings (SSSR count). The van der Waals surface area contributed by atoms with Gasteiger partial charge in [0.2, 0.25) is 5.91 Å². The first-order valence-corrected chi connectivity index (χ1v) is 8.79. The Kier molecular flexibility index (Phi) is 5.00. The normalized spacial score (nSPS) is 20.5. The van der Waals surface area contributed by atoms with Crippen LogP contribution in [0.25, 0.3) is 0 Å². The molecule has 1 fully saturated rings. The highest BCUT2D eigenvalue weighted by Gasteiger charge is 2.29. The average molecular weight is 311 g/mol. The monoisotopic (exact) mass is 311 g/mol. The van der Waals surface area contributed by atoms with Crippen LogP contribution in [0.2, 0.25) is 0 Å². The number of rotatable bonds is 5. The van der Waals surface area contributed by atoms with E-state index in [4.69, 9.17) is 0 Å². The molecule has 0 radical (unpaired) electrons. The Labute approximate surface area is 125 Å². The van der Waals surface area contributed by atoms with Crippen molar-refractivity contribution in [2.75, 3.05) is 18.8 Å². The second-order valence-corrected chi connectivity index (χ2v) is 7.62. The Bertz CT molecular complexity index is 583. The number of carbonyl (C=O) groups excluding carboxylic acids is 1. The molecule has 1 saturated heterocycles. The van der Waals surface area contributed by atoms with Crippen LogP contribution in [0.4, 0.5) is 0 Å². The smallest absolute Gasteiger partial charge is 0.223 e. The lowest BCUT2D eigenvalue weighted by molar-refractivity contribution is -0.129. The van der Waals surface area contributed by atoms with Crippen molar-refractivity contribution >= 4 is 15.7 Å². The maximum absolute atomic E-state index is 12.1. The van der Waals surface area contributed by atoms with Crippen LogP contribution in [0.5, 0.6) is 0 Å². The number of hydrogen-bond donors (Lipinski definition) is 1. The summed E-state index contributed by atoms with van der Waals surface area (Å²) >= 11 is 0. The number of carbonyl (C=O) groups is 1. The highest BCUT2D eigenvalue weighted by Crippen LogP contribution is 2.21. The van der Waals surface area contributed by atoms with Gasteiger partial charge in [-0.05, 0) is 25.5 Å². The lowest BCUT2D eigenvalue weighted by atomic mass is 10.0. The van der Waals surface area contributed by atoms with E-state index in [9.17, 15) is 18.3 Å². The third-order valence-corrected chi connectivity index (χ3v) is 5.68. The molecule has 1 heterocycles. The molecule has 6 heteroatoms. The van der Waals surface area contributed by atoms with Gasteiger partial charge in [-0.2, -0.15) is 0 Å². The summed E-state index contributed by atoms with van der Waals surface area (Å²) in [7, 11) is -3.41. The van der Waals surface area contributed by atoms with E-state index in [0.717, 1.165) is 6.42 Å². The van der Waals surface area contributed by atoms with Crippen molar-refractivity contribution in [3.8, 4) is 0 Å². The number of likely N-dealkylation sites (tertiary alicyclic amines) is 1. The molecule has 1 aromatic carbocycles. The summed E-state index contributed by atoms with van der Waals surface area (Å²) in [6, 6.07) is 8.17. The summed E-state index contributed by atoms with van der Waals surface area (Å²) in [5, 5.41) is 9.53. The van der Waals surface area contributed by atoms with Gasteiger partial charge in [-0.15, -0.1) is 0 Å². The first-order valence-electron chi connectivity index (χ1n) is 7.14. The average Bonchev–Trinajstić information content (AvgIpc) is 2.96. The molecule has 1 aliphatic heterocycles. The Morgan fingerprint density at radius 1 is 1.38 bits per heavy atom. The van der Waals surface area contributed by atoms with Gasteiger partial charge >= 0.3 is 0 Å². The number of nitrogens with zero attached hydrogens (tertiary/aromatic N) is 1. The highest BCUT2D eigenvalue weighted by molar-refractivity contribution is 7.91. The zero-order valence-corrected chi connectivity index (χ0v) is 12.9. The van der Waals surface area contributed by atoms with Gasteiger partial charge in [0.1, 0.15) is 0 Å². The number of benzene rings is 1. The standard InChI is InChI=1S/C15H21NO4S/c1-12(17)13-7-9-16(11-13)15(18)8-10-21(19,20)14-5-3-2-4-6-14/h2-6,12-13,17H,7-11H2,1H3. The zero-order valence-electron chi connectivity index (χ0n) is 12.1. The van der Waals surface area contributed by atoms with Crippen molar-refractivity contribution in [3.05, 3.63) is 30.3 Å². The Balaban J connectivity index is 1.90. The van der Waals surface area contributed by atoms with Crippen molar-refractivity contribution in [2.24, 2.45) is 5.92 Å². The van der Waals surface area contributed by atoms with Crippen molar-refractivity contribution < 1.29 is 18.3 Å². The molecular weight excluding hydrogens is 290 g/mol. The van der Waals surface area contributed by atoms with E-state index in [0.29, 0.717) is 13.1 Å². The van der Waals surface area contributed by atoms with Gasteiger partial charge < -0.3 is 10.0 Å². The fourth-order valence-corrected chi connectivity index (χ4v) is 3.78. The van der Waals surface area contributed by atoms with Crippen molar-refractivity contribution in [3.63, 3.8) is 0 Å². The van der Waals surface area contributed by atoms with E-state index in [1.54, 1.807) is 42.2 Å². The molecule has 21 heavy (non-hydrogen) atoms. The highest BCUT2D eigenvalue weighted by atomic mass is 32.2. The molecule has 1 N–H and O–H groups in total.